The predicted molar refractivity (Wildman–Crippen MR) is 98.9 cm³/mol. The number of hydrogen-bond donors (Lipinski definition) is 0. The molecule has 0 saturated carbocycles. The molecular formula is C21H37F. The van der Waals surface area contributed by atoms with Gasteiger partial charge in [0.2, 0.25) is 0 Å². The molecule has 0 saturated heterocycles. The van der Waals surface area contributed by atoms with Gasteiger partial charge in [0.05, 0.1) is 0 Å². The van der Waals surface area contributed by atoms with Crippen LogP contribution in [0.2, 0.25) is 0 Å². The quantitative estimate of drug-likeness (QED) is 0.348. The van der Waals surface area contributed by atoms with Crippen LogP contribution in [0.3, 0.4) is 0 Å². The maximum absolute atomic E-state index is 13.6. The van der Waals surface area contributed by atoms with Crippen LogP contribution >= 0.6 is 0 Å². The van der Waals surface area contributed by atoms with Gasteiger partial charge in [-0.25, -0.2) is 4.39 Å². The van der Waals surface area contributed by atoms with Gasteiger partial charge in [-0.3, -0.25) is 0 Å². The van der Waals surface area contributed by atoms with Gasteiger partial charge in [-0.1, -0.05) is 50.1 Å². The fraction of sp³-hybridized carbons (Fsp3) is 0.714. The number of halogens is 1. The van der Waals surface area contributed by atoms with Crippen molar-refractivity contribution in [2.24, 2.45) is 11.3 Å². The van der Waals surface area contributed by atoms with Gasteiger partial charge in [0.15, 0.2) is 0 Å². The molecule has 0 N–H and O–H groups in total. The molecule has 0 aromatic carbocycles. The summed E-state index contributed by atoms with van der Waals surface area (Å²) in [6.07, 6.45) is 10.2. The highest BCUT2D eigenvalue weighted by Gasteiger charge is 2.24. The Bertz CT molecular complexity index is 383. The summed E-state index contributed by atoms with van der Waals surface area (Å²) in [6, 6.07) is 0. The molecule has 0 aliphatic carbocycles. The van der Waals surface area contributed by atoms with E-state index in [0.29, 0.717) is 12.3 Å². The summed E-state index contributed by atoms with van der Waals surface area (Å²) in [6.45, 7) is 20.2. The number of alkyl halides is 1. The summed E-state index contributed by atoms with van der Waals surface area (Å²) in [5.41, 5.74) is 1.56. The summed E-state index contributed by atoms with van der Waals surface area (Å²) in [5, 5.41) is 0. The zero-order chi connectivity index (χ0) is 17.4. The smallest absolute Gasteiger partial charge is 0.105 e. The van der Waals surface area contributed by atoms with Crippen LogP contribution in [0.15, 0.2) is 36.5 Å². The Morgan fingerprint density at radius 1 is 1.23 bits per heavy atom. The lowest BCUT2D eigenvalue weighted by atomic mass is 9.75. The summed E-state index contributed by atoms with van der Waals surface area (Å²) in [7, 11) is 0. The number of rotatable bonds is 11. The first-order valence-electron chi connectivity index (χ1n) is 8.66. The average Bonchev–Trinajstić information content (AvgIpc) is 2.41. The van der Waals surface area contributed by atoms with Crippen LogP contribution in [0.25, 0.3) is 0 Å². The van der Waals surface area contributed by atoms with Gasteiger partial charge in [0.25, 0.3) is 0 Å². The molecule has 0 amide bonds. The first-order valence-corrected chi connectivity index (χ1v) is 8.66. The minimum Gasteiger partial charge on any atom is -0.244 e. The Morgan fingerprint density at radius 2 is 1.82 bits per heavy atom. The van der Waals surface area contributed by atoms with Crippen molar-refractivity contribution in [2.45, 2.75) is 85.7 Å². The van der Waals surface area contributed by atoms with Crippen molar-refractivity contribution < 1.29 is 4.39 Å². The third kappa shape index (κ3) is 9.23. The van der Waals surface area contributed by atoms with E-state index in [2.05, 4.69) is 53.0 Å². The van der Waals surface area contributed by atoms with Gasteiger partial charge in [-0.2, -0.15) is 0 Å². The Kier molecular flexibility index (Phi) is 8.96. The molecule has 128 valence electrons. The Labute approximate surface area is 138 Å². The van der Waals surface area contributed by atoms with E-state index in [4.69, 9.17) is 0 Å². The van der Waals surface area contributed by atoms with Crippen molar-refractivity contribution in [1.29, 1.82) is 0 Å². The first-order chi connectivity index (χ1) is 10.0. The standard InChI is InChI=1S/C21H37F/c1-9-11-19(17(3)4)16-21(8,10-2)15-13-18(5)12-14-20(6,7)22/h10,13,19H,2-3,9,11-12,14-16H2,1,4-8H3/b18-13+. The van der Waals surface area contributed by atoms with Gasteiger partial charge < -0.3 is 0 Å². The lowest BCUT2D eigenvalue weighted by molar-refractivity contribution is 0.202. The van der Waals surface area contributed by atoms with Crippen molar-refractivity contribution in [1.82, 2.24) is 0 Å². The zero-order valence-corrected chi connectivity index (χ0v) is 15.8. The van der Waals surface area contributed by atoms with Crippen LogP contribution < -0.4 is 0 Å². The van der Waals surface area contributed by atoms with Gasteiger partial charge in [-0.05, 0) is 71.1 Å². The van der Waals surface area contributed by atoms with Crippen molar-refractivity contribution in [2.75, 3.05) is 0 Å². The molecule has 0 aromatic rings. The molecule has 0 aliphatic heterocycles. The molecule has 0 bridgehead atoms. The van der Waals surface area contributed by atoms with E-state index >= 15 is 0 Å². The van der Waals surface area contributed by atoms with E-state index in [1.807, 2.05) is 0 Å². The average molecular weight is 309 g/mol. The van der Waals surface area contributed by atoms with Crippen LogP contribution in [-0.2, 0) is 0 Å². The van der Waals surface area contributed by atoms with E-state index in [-0.39, 0.29) is 5.41 Å². The molecular weight excluding hydrogens is 271 g/mol. The number of hydrogen-bond acceptors (Lipinski definition) is 0. The monoisotopic (exact) mass is 308 g/mol. The lowest BCUT2D eigenvalue weighted by Gasteiger charge is -2.30. The SMILES string of the molecule is C=CC(C)(C/C=C(\C)CCC(C)(C)F)CC(CCC)C(=C)C. The highest BCUT2D eigenvalue weighted by Crippen LogP contribution is 2.36. The van der Waals surface area contributed by atoms with Crippen molar-refractivity contribution in [3.63, 3.8) is 0 Å². The van der Waals surface area contributed by atoms with Gasteiger partial charge in [-0.15, -0.1) is 6.58 Å². The van der Waals surface area contributed by atoms with Crippen LogP contribution in [0.1, 0.15) is 80.1 Å². The third-order valence-corrected chi connectivity index (χ3v) is 4.57. The van der Waals surface area contributed by atoms with Crippen LogP contribution in [-0.4, -0.2) is 5.67 Å². The predicted octanol–water partition coefficient (Wildman–Crippen LogP) is 7.43. The molecule has 0 aliphatic rings. The lowest BCUT2D eigenvalue weighted by Crippen LogP contribution is -2.18. The minimum atomic E-state index is -1.08. The topological polar surface area (TPSA) is 0 Å². The highest BCUT2D eigenvalue weighted by molar-refractivity contribution is 5.08. The maximum Gasteiger partial charge on any atom is 0.105 e. The molecule has 0 rings (SSSR count). The second-order valence-electron chi connectivity index (χ2n) is 7.87. The van der Waals surface area contributed by atoms with Gasteiger partial charge >= 0.3 is 0 Å². The summed E-state index contributed by atoms with van der Waals surface area (Å²) in [5.74, 6) is 0.562. The third-order valence-electron chi connectivity index (χ3n) is 4.57. The minimum absolute atomic E-state index is 0.0886. The Hall–Kier alpha value is -0.850. The van der Waals surface area contributed by atoms with Crippen LogP contribution in [0, 0.1) is 11.3 Å². The van der Waals surface area contributed by atoms with E-state index in [0.717, 1.165) is 19.3 Å². The first kappa shape index (κ1) is 21.1. The van der Waals surface area contributed by atoms with Crippen LogP contribution in [0.5, 0.6) is 0 Å². The molecule has 22 heavy (non-hydrogen) atoms. The normalized spacial score (nSPS) is 17.0. The molecule has 0 heterocycles. The molecule has 1 heteroatoms. The fourth-order valence-corrected chi connectivity index (χ4v) is 2.69. The van der Waals surface area contributed by atoms with Gasteiger partial charge in [0.1, 0.15) is 5.67 Å². The van der Waals surface area contributed by atoms with E-state index in [1.165, 1.54) is 24.0 Å². The second-order valence-corrected chi connectivity index (χ2v) is 7.87. The highest BCUT2D eigenvalue weighted by atomic mass is 19.1. The Morgan fingerprint density at radius 3 is 2.23 bits per heavy atom. The maximum atomic E-state index is 13.6. The van der Waals surface area contributed by atoms with Crippen molar-refractivity contribution in [3.8, 4) is 0 Å². The largest absolute Gasteiger partial charge is 0.244 e. The molecule has 0 aromatic heterocycles. The zero-order valence-electron chi connectivity index (χ0n) is 15.8. The molecule has 0 nitrogen and oxygen atoms in total. The summed E-state index contributed by atoms with van der Waals surface area (Å²) < 4.78 is 13.6. The fourth-order valence-electron chi connectivity index (χ4n) is 2.69. The van der Waals surface area contributed by atoms with Crippen molar-refractivity contribution >= 4 is 0 Å². The summed E-state index contributed by atoms with van der Waals surface area (Å²) in [4.78, 5) is 0. The molecule has 2 atom stereocenters. The van der Waals surface area contributed by atoms with E-state index < -0.39 is 5.67 Å². The van der Waals surface area contributed by atoms with Crippen LogP contribution in [0.4, 0.5) is 4.39 Å². The second kappa shape index (κ2) is 9.33. The van der Waals surface area contributed by atoms with Gasteiger partial charge in [0, 0.05) is 0 Å². The molecule has 2 unspecified atom stereocenters. The van der Waals surface area contributed by atoms with E-state index in [1.54, 1.807) is 13.8 Å². The molecule has 0 fully saturated rings. The summed E-state index contributed by atoms with van der Waals surface area (Å²) >= 11 is 0. The number of allylic oxidation sites excluding steroid dienone is 4. The molecule has 0 radical (unpaired) electrons. The van der Waals surface area contributed by atoms with Crippen molar-refractivity contribution in [3.05, 3.63) is 36.5 Å². The molecule has 0 spiro atoms. The van der Waals surface area contributed by atoms with E-state index in [9.17, 15) is 4.39 Å². The Balaban J connectivity index is 4.72.